The Labute approximate surface area is 154 Å². The summed E-state index contributed by atoms with van der Waals surface area (Å²) in [5.74, 6) is 0.131. The third kappa shape index (κ3) is 5.92. The van der Waals surface area contributed by atoms with Gasteiger partial charge in [-0.15, -0.1) is 0 Å². The van der Waals surface area contributed by atoms with Gasteiger partial charge in [-0.2, -0.15) is 18.4 Å². The van der Waals surface area contributed by atoms with Gasteiger partial charge in [0, 0.05) is 12.6 Å². The lowest BCUT2D eigenvalue weighted by atomic mass is 10.1. The molecule has 2 aromatic rings. The highest BCUT2D eigenvalue weighted by Crippen LogP contribution is 2.30. The van der Waals surface area contributed by atoms with Crippen molar-refractivity contribution in [2.45, 2.75) is 19.6 Å². The summed E-state index contributed by atoms with van der Waals surface area (Å²) in [6.07, 6.45) is -4.44. The first-order chi connectivity index (χ1) is 12.8. The lowest BCUT2D eigenvalue weighted by molar-refractivity contribution is -0.137. The molecule has 0 aromatic heterocycles. The number of carbonyl (C=O) groups excluding carboxylic acids is 1. The fourth-order valence-electron chi connectivity index (χ4n) is 2.22. The molecule has 2 rings (SSSR count). The molecule has 142 valence electrons. The molecule has 0 spiro atoms. The normalized spacial score (nSPS) is 10.8. The van der Waals surface area contributed by atoms with Gasteiger partial charge in [-0.05, 0) is 36.8 Å². The van der Waals surface area contributed by atoms with Crippen molar-refractivity contribution in [3.05, 3.63) is 59.2 Å². The summed E-state index contributed by atoms with van der Waals surface area (Å²) in [6, 6.07) is 11.2. The predicted octanol–water partition coefficient (Wildman–Crippen LogP) is 3.67. The van der Waals surface area contributed by atoms with Crippen LogP contribution in [0.15, 0.2) is 42.5 Å². The molecule has 1 N–H and O–H groups in total. The minimum Gasteiger partial charge on any atom is -0.490 e. The number of nitriles is 1. The number of amides is 1. The maximum absolute atomic E-state index is 12.7. The lowest BCUT2D eigenvalue weighted by Gasteiger charge is -2.12. The molecular formula is C19H17F3N2O3. The van der Waals surface area contributed by atoms with Crippen LogP contribution in [0.2, 0.25) is 0 Å². The van der Waals surface area contributed by atoms with Gasteiger partial charge < -0.3 is 14.8 Å². The third-order valence-corrected chi connectivity index (χ3v) is 3.48. The number of rotatable bonds is 7. The Hall–Kier alpha value is -3.21. The van der Waals surface area contributed by atoms with Crippen LogP contribution in [0.1, 0.15) is 23.6 Å². The van der Waals surface area contributed by atoms with E-state index in [2.05, 4.69) is 5.32 Å². The number of alkyl halides is 3. The largest absolute Gasteiger partial charge is 0.490 e. The fourth-order valence-corrected chi connectivity index (χ4v) is 2.22. The van der Waals surface area contributed by atoms with Crippen molar-refractivity contribution >= 4 is 5.91 Å². The van der Waals surface area contributed by atoms with Gasteiger partial charge in [-0.3, -0.25) is 4.79 Å². The van der Waals surface area contributed by atoms with Gasteiger partial charge in [0.1, 0.15) is 0 Å². The first-order valence-electron chi connectivity index (χ1n) is 8.06. The van der Waals surface area contributed by atoms with Crippen molar-refractivity contribution in [1.29, 1.82) is 5.26 Å². The summed E-state index contributed by atoms with van der Waals surface area (Å²) in [7, 11) is 0. The van der Waals surface area contributed by atoms with E-state index < -0.39 is 17.6 Å². The van der Waals surface area contributed by atoms with Crippen LogP contribution in [0.5, 0.6) is 11.5 Å². The molecule has 8 heteroatoms. The number of halogens is 3. The fraction of sp³-hybridized carbons (Fsp3) is 0.263. The summed E-state index contributed by atoms with van der Waals surface area (Å²) < 4.78 is 48.8. The molecule has 0 aliphatic heterocycles. The summed E-state index contributed by atoms with van der Waals surface area (Å²) in [4.78, 5) is 11.9. The van der Waals surface area contributed by atoms with Crippen LogP contribution in [0.4, 0.5) is 13.2 Å². The summed E-state index contributed by atoms with van der Waals surface area (Å²) in [5, 5.41) is 11.4. The van der Waals surface area contributed by atoms with E-state index >= 15 is 0 Å². The Morgan fingerprint density at radius 2 is 1.93 bits per heavy atom. The topological polar surface area (TPSA) is 71.3 Å². The van der Waals surface area contributed by atoms with Gasteiger partial charge in [-0.25, -0.2) is 0 Å². The SMILES string of the molecule is CCOc1cc(C#N)ccc1OCC(=O)NCc1cccc(C(F)(F)F)c1. The average molecular weight is 378 g/mol. The molecule has 2 aromatic carbocycles. The first kappa shape index (κ1) is 20.1. The van der Waals surface area contributed by atoms with Crippen LogP contribution >= 0.6 is 0 Å². The summed E-state index contributed by atoms with van der Waals surface area (Å²) in [6.45, 7) is 1.72. The monoisotopic (exact) mass is 378 g/mol. The quantitative estimate of drug-likeness (QED) is 0.798. The predicted molar refractivity (Wildman–Crippen MR) is 91.1 cm³/mol. The Balaban J connectivity index is 1.93. The Kier molecular flexibility index (Phi) is 6.66. The standard InChI is InChI=1S/C19H17F3N2O3/c1-2-26-17-9-13(10-23)6-7-16(17)27-12-18(25)24-11-14-4-3-5-15(8-14)19(20,21)22/h3-9H,2,11-12H2,1H3,(H,24,25). The highest BCUT2D eigenvalue weighted by Gasteiger charge is 2.30. The van der Waals surface area contributed by atoms with Crippen molar-refractivity contribution in [2.24, 2.45) is 0 Å². The number of ether oxygens (including phenoxy) is 2. The Morgan fingerprint density at radius 3 is 2.59 bits per heavy atom. The van der Waals surface area contributed by atoms with E-state index in [1.807, 2.05) is 6.07 Å². The molecule has 0 bridgehead atoms. The van der Waals surface area contributed by atoms with E-state index in [9.17, 15) is 18.0 Å². The van der Waals surface area contributed by atoms with Gasteiger partial charge in [0.05, 0.1) is 23.8 Å². The maximum Gasteiger partial charge on any atom is 0.416 e. The van der Waals surface area contributed by atoms with Crippen LogP contribution in [-0.4, -0.2) is 19.1 Å². The van der Waals surface area contributed by atoms with Crippen LogP contribution in [0, 0.1) is 11.3 Å². The van der Waals surface area contributed by atoms with E-state index in [0.717, 1.165) is 12.1 Å². The highest BCUT2D eigenvalue weighted by atomic mass is 19.4. The minimum absolute atomic E-state index is 0.0577. The molecule has 0 aliphatic rings. The van der Waals surface area contributed by atoms with Crippen molar-refractivity contribution < 1.29 is 27.4 Å². The van der Waals surface area contributed by atoms with Gasteiger partial charge >= 0.3 is 6.18 Å². The van der Waals surface area contributed by atoms with Gasteiger partial charge in [0.2, 0.25) is 0 Å². The number of nitrogens with one attached hydrogen (secondary N) is 1. The molecular weight excluding hydrogens is 361 g/mol. The van der Waals surface area contributed by atoms with Crippen LogP contribution in [0.3, 0.4) is 0 Å². The van der Waals surface area contributed by atoms with Gasteiger partial charge in [-0.1, -0.05) is 12.1 Å². The molecule has 0 saturated carbocycles. The van der Waals surface area contributed by atoms with Crippen LogP contribution < -0.4 is 14.8 Å². The number of hydrogen-bond donors (Lipinski definition) is 1. The van der Waals surface area contributed by atoms with E-state index in [1.165, 1.54) is 30.3 Å². The minimum atomic E-state index is -4.44. The van der Waals surface area contributed by atoms with Crippen LogP contribution in [-0.2, 0) is 17.5 Å². The van der Waals surface area contributed by atoms with Gasteiger partial charge in [0.25, 0.3) is 5.91 Å². The second-order valence-electron chi connectivity index (χ2n) is 5.47. The second kappa shape index (κ2) is 8.94. The average Bonchev–Trinajstić information content (AvgIpc) is 2.65. The molecule has 5 nitrogen and oxygen atoms in total. The number of nitrogens with zero attached hydrogens (tertiary/aromatic N) is 1. The van der Waals surface area contributed by atoms with E-state index in [4.69, 9.17) is 14.7 Å². The summed E-state index contributed by atoms with van der Waals surface area (Å²) >= 11 is 0. The number of benzene rings is 2. The van der Waals surface area contributed by atoms with Gasteiger partial charge in [0.15, 0.2) is 18.1 Å². The molecule has 0 atom stereocenters. The molecule has 0 heterocycles. The molecule has 0 aliphatic carbocycles. The van der Waals surface area contributed by atoms with E-state index in [-0.39, 0.29) is 13.2 Å². The molecule has 0 fully saturated rings. The molecule has 1 amide bonds. The zero-order chi connectivity index (χ0) is 19.9. The Morgan fingerprint density at radius 1 is 1.15 bits per heavy atom. The van der Waals surface area contributed by atoms with Crippen LogP contribution in [0.25, 0.3) is 0 Å². The molecule has 0 saturated heterocycles. The number of hydrogen-bond acceptors (Lipinski definition) is 4. The zero-order valence-electron chi connectivity index (χ0n) is 14.5. The molecule has 0 radical (unpaired) electrons. The van der Waals surface area contributed by atoms with Crippen molar-refractivity contribution in [1.82, 2.24) is 5.32 Å². The zero-order valence-corrected chi connectivity index (χ0v) is 14.5. The second-order valence-corrected chi connectivity index (χ2v) is 5.47. The maximum atomic E-state index is 12.7. The van der Waals surface area contributed by atoms with E-state index in [1.54, 1.807) is 6.92 Å². The highest BCUT2D eigenvalue weighted by molar-refractivity contribution is 5.77. The van der Waals surface area contributed by atoms with Crippen molar-refractivity contribution in [3.63, 3.8) is 0 Å². The smallest absolute Gasteiger partial charge is 0.416 e. The molecule has 27 heavy (non-hydrogen) atoms. The van der Waals surface area contributed by atoms with E-state index in [0.29, 0.717) is 29.2 Å². The third-order valence-electron chi connectivity index (χ3n) is 3.48. The Bertz CT molecular complexity index is 845. The number of carbonyl (C=O) groups is 1. The molecule has 0 unspecified atom stereocenters. The lowest BCUT2D eigenvalue weighted by Crippen LogP contribution is -2.28. The van der Waals surface area contributed by atoms with Crippen molar-refractivity contribution in [2.75, 3.05) is 13.2 Å². The first-order valence-corrected chi connectivity index (χ1v) is 8.06. The van der Waals surface area contributed by atoms with Crippen molar-refractivity contribution in [3.8, 4) is 17.6 Å². The summed E-state index contributed by atoms with van der Waals surface area (Å²) in [5.41, 5.74) is -0.0595.